The lowest BCUT2D eigenvalue weighted by Gasteiger charge is -2.16. The van der Waals surface area contributed by atoms with Gasteiger partial charge >= 0.3 is 0 Å². The molecule has 2 aliphatic rings. The fourth-order valence-corrected chi connectivity index (χ4v) is 4.18. The Bertz CT molecular complexity index is 1000. The summed E-state index contributed by atoms with van der Waals surface area (Å²) in [5.41, 5.74) is 3.69. The molecule has 138 valence electrons. The van der Waals surface area contributed by atoms with Crippen molar-refractivity contribution in [1.82, 2.24) is 24.8 Å². The molecule has 0 spiro atoms. The summed E-state index contributed by atoms with van der Waals surface area (Å²) in [4.78, 5) is 26.3. The van der Waals surface area contributed by atoms with E-state index in [9.17, 15) is 4.79 Å². The first-order chi connectivity index (χ1) is 13.3. The second-order valence-corrected chi connectivity index (χ2v) is 7.53. The summed E-state index contributed by atoms with van der Waals surface area (Å²) in [7, 11) is 0. The number of ketones is 1. The van der Waals surface area contributed by atoms with Crippen LogP contribution in [-0.2, 0) is 24.2 Å². The van der Waals surface area contributed by atoms with E-state index in [4.69, 9.17) is 4.98 Å². The summed E-state index contributed by atoms with van der Waals surface area (Å²) in [5.74, 6) is 1.38. The van der Waals surface area contributed by atoms with Gasteiger partial charge in [0, 0.05) is 30.2 Å². The van der Waals surface area contributed by atoms with Gasteiger partial charge < -0.3 is 9.88 Å². The van der Waals surface area contributed by atoms with Gasteiger partial charge in [-0.1, -0.05) is 0 Å². The number of nitrogens with zero attached hydrogens (tertiary/aromatic N) is 4. The fraction of sp³-hybridized carbons (Fsp3) is 0.429. The molecule has 5 rings (SSSR count). The van der Waals surface area contributed by atoms with Crippen molar-refractivity contribution in [2.75, 3.05) is 6.54 Å². The molecular weight excluding hydrogens is 338 g/mol. The number of imidazole rings is 1. The summed E-state index contributed by atoms with van der Waals surface area (Å²) < 4.78 is 2.29. The number of hydrogen-bond acceptors (Lipinski definition) is 5. The normalized spacial score (nSPS) is 19.3. The molecule has 3 aromatic rings. The predicted molar refractivity (Wildman–Crippen MR) is 103 cm³/mol. The van der Waals surface area contributed by atoms with Gasteiger partial charge in [0.2, 0.25) is 0 Å². The van der Waals surface area contributed by atoms with E-state index in [1.165, 1.54) is 12.8 Å². The van der Waals surface area contributed by atoms with Crippen LogP contribution in [0.15, 0.2) is 30.6 Å². The molecule has 0 radical (unpaired) electrons. The Morgan fingerprint density at radius 2 is 2.15 bits per heavy atom. The molecule has 6 nitrogen and oxygen atoms in total. The number of rotatable bonds is 4. The van der Waals surface area contributed by atoms with Crippen LogP contribution in [0.1, 0.15) is 37.2 Å². The molecule has 2 aliphatic heterocycles. The van der Waals surface area contributed by atoms with E-state index < -0.39 is 0 Å². The van der Waals surface area contributed by atoms with Crippen LogP contribution in [0.3, 0.4) is 0 Å². The Morgan fingerprint density at radius 1 is 1.19 bits per heavy atom. The molecular formula is C21H23N5O. The summed E-state index contributed by atoms with van der Waals surface area (Å²) in [5, 5.41) is 4.26. The second-order valence-electron chi connectivity index (χ2n) is 7.53. The summed E-state index contributed by atoms with van der Waals surface area (Å²) in [6, 6.07) is 6.03. The molecule has 0 saturated carbocycles. The van der Waals surface area contributed by atoms with Crippen LogP contribution in [0, 0.1) is 0 Å². The fourth-order valence-electron chi connectivity index (χ4n) is 4.18. The minimum atomic E-state index is -0.0138. The van der Waals surface area contributed by atoms with Crippen molar-refractivity contribution < 1.29 is 4.79 Å². The number of hydrogen-bond donors (Lipinski definition) is 1. The molecule has 1 atom stereocenters. The monoisotopic (exact) mass is 361 g/mol. The quantitative estimate of drug-likeness (QED) is 0.773. The third-order valence-electron chi connectivity index (χ3n) is 5.67. The summed E-state index contributed by atoms with van der Waals surface area (Å²) in [6.07, 6.45) is 9.56. The average Bonchev–Trinajstić information content (AvgIpc) is 3.37. The third-order valence-corrected chi connectivity index (χ3v) is 5.67. The Balaban J connectivity index is 1.46. The first-order valence-electron chi connectivity index (χ1n) is 9.84. The van der Waals surface area contributed by atoms with E-state index in [1.54, 1.807) is 0 Å². The maximum absolute atomic E-state index is 12.4. The van der Waals surface area contributed by atoms with Crippen molar-refractivity contribution in [2.24, 2.45) is 0 Å². The van der Waals surface area contributed by atoms with Crippen LogP contribution in [0.2, 0.25) is 0 Å². The number of aryl methyl sites for hydroxylation is 1. The van der Waals surface area contributed by atoms with Gasteiger partial charge in [0.05, 0.1) is 35.6 Å². The Kier molecular flexibility index (Phi) is 4.20. The first kappa shape index (κ1) is 16.6. The maximum atomic E-state index is 12.4. The molecule has 0 aliphatic carbocycles. The molecule has 27 heavy (non-hydrogen) atoms. The van der Waals surface area contributed by atoms with Crippen molar-refractivity contribution in [3.8, 4) is 11.4 Å². The van der Waals surface area contributed by atoms with E-state index in [0.717, 1.165) is 66.2 Å². The van der Waals surface area contributed by atoms with E-state index >= 15 is 0 Å². The molecule has 1 fully saturated rings. The highest BCUT2D eigenvalue weighted by atomic mass is 16.1. The van der Waals surface area contributed by atoms with Crippen molar-refractivity contribution in [1.29, 1.82) is 0 Å². The number of Topliss-reactive ketones (excluding diaryl/α,β-unsaturated/α-hetero) is 1. The number of carbonyl (C=O) groups is 1. The number of nitrogens with one attached hydrogen (secondary N) is 1. The third kappa shape index (κ3) is 3.14. The van der Waals surface area contributed by atoms with Gasteiger partial charge in [0.15, 0.2) is 5.78 Å². The molecule has 0 unspecified atom stereocenters. The zero-order chi connectivity index (χ0) is 18.2. The zero-order valence-corrected chi connectivity index (χ0v) is 15.3. The second kappa shape index (κ2) is 6.85. The molecule has 0 bridgehead atoms. The number of aromatic nitrogens is 4. The molecule has 1 saturated heterocycles. The van der Waals surface area contributed by atoms with Crippen molar-refractivity contribution in [3.63, 3.8) is 0 Å². The van der Waals surface area contributed by atoms with E-state index in [2.05, 4.69) is 25.9 Å². The smallest absolute Gasteiger partial charge is 0.155 e. The van der Waals surface area contributed by atoms with Crippen molar-refractivity contribution in [2.45, 2.75) is 51.1 Å². The highest BCUT2D eigenvalue weighted by molar-refractivity contribution is 5.87. The first-order valence-corrected chi connectivity index (χ1v) is 9.84. The van der Waals surface area contributed by atoms with Gasteiger partial charge in [0.25, 0.3) is 0 Å². The SMILES string of the molecule is O=C(Cc1cc2nc(-c3cnc4n3CCCC4)ccc2cn1)[C@H]1CCCN1. The van der Waals surface area contributed by atoms with Crippen LogP contribution in [0.5, 0.6) is 0 Å². The van der Waals surface area contributed by atoms with E-state index in [0.29, 0.717) is 6.42 Å². The van der Waals surface area contributed by atoms with Crippen molar-refractivity contribution in [3.05, 3.63) is 42.1 Å². The minimum absolute atomic E-state index is 0.0138. The van der Waals surface area contributed by atoms with Gasteiger partial charge in [-0.05, 0) is 50.4 Å². The van der Waals surface area contributed by atoms with Crippen LogP contribution in [0.25, 0.3) is 22.3 Å². The minimum Gasteiger partial charge on any atom is -0.327 e. The topological polar surface area (TPSA) is 72.7 Å². The Labute approximate surface area is 158 Å². The highest BCUT2D eigenvalue weighted by Crippen LogP contribution is 2.25. The molecule has 5 heterocycles. The molecule has 6 heteroatoms. The number of carbonyl (C=O) groups excluding carboxylic acids is 1. The summed E-state index contributed by atoms with van der Waals surface area (Å²) >= 11 is 0. The largest absolute Gasteiger partial charge is 0.327 e. The lowest BCUT2D eigenvalue weighted by atomic mass is 10.1. The van der Waals surface area contributed by atoms with Crippen molar-refractivity contribution >= 4 is 16.7 Å². The average molecular weight is 361 g/mol. The molecule has 3 aromatic heterocycles. The number of fused-ring (bicyclic) bond motifs is 2. The lowest BCUT2D eigenvalue weighted by Crippen LogP contribution is -2.32. The lowest BCUT2D eigenvalue weighted by molar-refractivity contribution is -0.120. The summed E-state index contributed by atoms with van der Waals surface area (Å²) in [6.45, 7) is 1.94. The van der Waals surface area contributed by atoms with Crippen LogP contribution >= 0.6 is 0 Å². The van der Waals surface area contributed by atoms with Gasteiger partial charge in [-0.2, -0.15) is 0 Å². The Hall–Kier alpha value is -2.60. The van der Waals surface area contributed by atoms with Gasteiger partial charge in [-0.3, -0.25) is 9.78 Å². The van der Waals surface area contributed by atoms with Gasteiger partial charge in [0.1, 0.15) is 5.82 Å². The molecule has 0 amide bonds. The highest BCUT2D eigenvalue weighted by Gasteiger charge is 2.22. The van der Waals surface area contributed by atoms with Gasteiger partial charge in [-0.25, -0.2) is 9.97 Å². The van der Waals surface area contributed by atoms with Crippen LogP contribution in [-0.4, -0.2) is 37.9 Å². The zero-order valence-electron chi connectivity index (χ0n) is 15.3. The molecule has 1 N–H and O–H groups in total. The van der Waals surface area contributed by atoms with E-state index in [1.807, 2.05) is 24.5 Å². The standard InChI is InChI=1S/C21H23N5O/c27-20(17-4-3-8-22-17)11-15-10-18-14(12-23-15)6-7-16(25-18)19-13-24-21-5-1-2-9-26(19)21/h6-7,10,12-13,17,22H,1-5,8-9,11H2/t17-/m1/s1. The predicted octanol–water partition coefficient (Wildman–Crippen LogP) is 2.69. The maximum Gasteiger partial charge on any atom is 0.155 e. The van der Waals surface area contributed by atoms with Crippen LogP contribution < -0.4 is 5.32 Å². The van der Waals surface area contributed by atoms with Crippen LogP contribution in [0.4, 0.5) is 0 Å². The van der Waals surface area contributed by atoms with Gasteiger partial charge in [-0.15, -0.1) is 0 Å². The molecule has 0 aromatic carbocycles. The van der Waals surface area contributed by atoms with E-state index in [-0.39, 0.29) is 11.8 Å². The Morgan fingerprint density at radius 3 is 3.04 bits per heavy atom. The number of pyridine rings is 2.